The van der Waals surface area contributed by atoms with Crippen LogP contribution in [-0.2, 0) is 0 Å². The molecule has 2 aromatic heterocycles. The van der Waals surface area contributed by atoms with Gasteiger partial charge in [-0.05, 0) is 36.4 Å². The molecule has 0 unspecified atom stereocenters. The molecule has 0 atom stereocenters. The van der Waals surface area contributed by atoms with Gasteiger partial charge in [-0.25, -0.2) is 9.97 Å². The summed E-state index contributed by atoms with van der Waals surface area (Å²) in [4.78, 5) is 20.1. The summed E-state index contributed by atoms with van der Waals surface area (Å²) in [6.45, 7) is 1.88. The van der Waals surface area contributed by atoms with Crippen molar-refractivity contribution in [3.05, 3.63) is 23.2 Å². The zero-order valence-corrected chi connectivity index (χ0v) is 10.7. The Labute approximate surface area is 107 Å². The van der Waals surface area contributed by atoms with Crippen molar-refractivity contribution in [1.29, 1.82) is 0 Å². The van der Waals surface area contributed by atoms with Gasteiger partial charge >= 0.3 is 6.01 Å². The predicted molar refractivity (Wildman–Crippen MR) is 62.3 cm³/mol. The summed E-state index contributed by atoms with van der Waals surface area (Å²) in [6, 6.07) is 1.98. The van der Waals surface area contributed by atoms with E-state index in [0.29, 0.717) is 10.3 Å². The first-order valence-corrected chi connectivity index (χ1v) is 5.80. The van der Waals surface area contributed by atoms with Gasteiger partial charge in [-0.2, -0.15) is 15.0 Å². The maximum absolute atomic E-state index is 5.73. The lowest BCUT2D eigenvalue weighted by Gasteiger charge is -2.01. The Morgan fingerprint density at radius 2 is 2.00 bits per heavy atom. The predicted octanol–water partition coefficient (Wildman–Crippen LogP) is 1.78. The van der Waals surface area contributed by atoms with Gasteiger partial charge in [0.15, 0.2) is 5.16 Å². The summed E-state index contributed by atoms with van der Waals surface area (Å²) in [5.41, 5.74) is 0.870. The van der Waals surface area contributed by atoms with E-state index in [1.54, 1.807) is 6.20 Å². The Hall–Kier alpha value is -1.47. The number of ether oxygens (including phenoxy) is 1. The van der Waals surface area contributed by atoms with E-state index in [-0.39, 0.29) is 11.3 Å². The third kappa shape index (κ3) is 3.24. The number of aromatic nitrogens is 5. The third-order valence-electron chi connectivity index (χ3n) is 1.70. The van der Waals surface area contributed by atoms with Crippen LogP contribution >= 0.6 is 23.4 Å². The molecule has 0 aliphatic carbocycles. The molecule has 0 spiro atoms. The lowest BCUT2D eigenvalue weighted by atomic mass is 10.5. The van der Waals surface area contributed by atoms with E-state index < -0.39 is 0 Å². The molecule has 0 aliphatic rings. The van der Waals surface area contributed by atoms with Crippen LogP contribution in [0, 0.1) is 6.92 Å². The summed E-state index contributed by atoms with van der Waals surface area (Å²) >= 11 is 6.93. The first-order valence-electron chi connectivity index (χ1n) is 4.60. The fraction of sp³-hybridized carbons (Fsp3) is 0.222. The molecular weight excluding hydrogens is 262 g/mol. The minimum atomic E-state index is 0.0759. The van der Waals surface area contributed by atoms with Crippen LogP contribution in [-0.4, -0.2) is 32.0 Å². The highest BCUT2D eigenvalue weighted by molar-refractivity contribution is 7.99. The molecule has 6 nitrogen and oxygen atoms in total. The molecule has 0 aromatic carbocycles. The highest BCUT2D eigenvalue weighted by atomic mass is 35.5. The van der Waals surface area contributed by atoms with Crippen molar-refractivity contribution >= 4 is 23.4 Å². The van der Waals surface area contributed by atoms with Crippen molar-refractivity contribution in [3.63, 3.8) is 0 Å². The van der Waals surface area contributed by atoms with Crippen LogP contribution in [0.5, 0.6) is 6.01 Å². The maximum atomic E-state index is 5.73. The van der Waals surface area contributed by atoms with Crippen molar-refractivity contribution in [2.45, 2.75) is 17.2 Å². The topological polar surface area (TPSA) is 73.7 Å². The van der Waals surface area contributed by atoms with Gasteiger partial charge in [-0.1, -0.05) is 0 Å². The zero-order valence-electron chi connectivity index (χ0n) is 9.09. The van der Waals surface area contributed by atoms with Gasteiger partial charge in [0.05, 0.1) is 7.11 Å². The van der Waals surface area contributed by atoms with Crippen LogP contribution in [0.25, 0.3) is 0 Å². The number of hydrogen-bond donors (Lipinski definition) is 0. The van der Waals surface area contributed by atoms with Crippen molar-refractivity contribution in [2.75, 3.05) is 7.11 Å². The summed E-state index contributed by atoms with van der Waals surface area (Å²) < 4.78 is 4.90. The molecule has 17 heavy (non-hydrogen) atoms. The fourth-order valence-electron chi connectivity index (χ4n) is 1.01. The highest BCUT2D eigenvalue weighted by Gasteiger charge is 2.08. The molecule has 0 radical (unpaired) electrons. The summed E-state index contributed by atoms with van der Waals surface area (Å²) in [6.07, 6.45) is 1.67. The van der Waals surface area contributed by atoms with Gasteiger partial charge in [0, 0.05) is 11.9 Å². The van der Waals surface area contributed by atoms with E-state index in [9.17, 15) is 0 Å². The lowest BCUT2D eigenvalue weighted by molar-refractivity contribution is 0.373. The minimum absolute atomic E-state index is 0.0759. The molecule has 0 N–H and O–H groups in total. The number of methoxy groups -OCH3 is 1. The first kappa shape index (κ1) is 12.0. The Morgan fingerprint density at radius 3 is 2.71 bits per heavy atom. The molecule has 0 aliphatic heterocycles. The number of rotatable bonds is 3. The number of halogens is 1. The van der Waals surface area contributed by atoms with E-state index in [2.05, 4.69) is 24.9 Å². The van der Waals surface area contributed by atoms with Crippen LogP contribution in [0.15, 0.2) is 22.6 Å². The van der Waals surface area contributed by atoms with Crippen LogP contribution in [0.4, 0.5) is 0 Å². The van der Waals surface area contributed by atoms with Gasteiger partial charge in [-0.15, -0.1) is 0 Å². The Bertz CT molecular complexity index is 539. The Balaban J connectivity index is 2.26. The standard InChI is InChI=1S/C9H8ClN5OS/c1-5-3-4-11-8(12-5)17-9-14-6(10)13-7(15-9)16-2/h3-4H,1-2H3. The molecular formula is C9H8ClN5OS. The molecule has 8 heteroatoms. The van der Waals surface area contributed by atoms with E-state index in [1.165, 1.54) is 18.9 Å². The molecule has 2 aromatic rings. The van der Waals surface area contributed by atoms with Crippen LogP contribution in [0.1, 0.15) is 5.69 Å². The average Bonchev–Trinajstić information content (AvgIpc) is 2.28. The van der Waals surface area contributed by atoms with E-state index >= 15 is 0 Å². The van der Waals surface area contributed by atoms with Gasteiger partial charge in [0.2, 0.25) is 10.4 Å². The smallest absolute Gasteiger partial charge is 0.321 e. The fourth-order valence-corrected chi connectivity index (χ4v) is 1.93. The van der Waals surface area contributed by atoms with Gasteiger partial charge in [0.1, 0.15) is 0 Å². The molecule has 2 rings (SSSR count). The molecule has 88 valence electrons. The monoisotopic (exact) mass is 269 g/mol. The van der Waals surface area contributed by atoms with Crippen LogP contribution < -0.4 is 4.74 Å². The molecule has 0 bridgehead atoms. The van der Waals surface area contributed by atoms with E-state index in [1.807, 2.05) is 13.0 Å². The van der Waals surface area contributed by atoms with Gasteiger partial charge in [0.25, 0.3) is 0 Å². The molecule has 2 heterocycles. The van der Waals surface area contributed by atoms with Crippen LogP contribution in [0.3, 0.4) is 0 Å². The molecule has 0 saturated heterocycles. The number of hydrogen-bond acceptors (Lipinski definition) is 7. The second kappa shape index (κ2) is 5.24. The second-order valence-electron chi connectivity index (χ2n) is 2.96. The Morgan fingerprint density at radius 1 is 1.18 bits per heavy atom. The highest BCUT2D eigenvalue weighted by Crippen LogP contribution is 2.22. The minimum Gasteiger partial charge on any atom is -0.467 e. The Kier molecular flexibility index (Phi) is 3.70. The molecule has 0 amide bonds. The summed E-state index contributed by atoms with van der Waals surface area (Å²) in [7, 11) is 1.46. The van der Waals surface area contributed by atoms with Crippen molar-refractivity contribution in [2.24, 2.45) is 0 Å². The largest absolute Gasteiger partial charge is 0.467 e. The van der Waals surface area contributed by atoms with E-state index in [0.717, 1.165) is 5.69 Å². The van der Waals surface area contributed by atoms with Crippen molar-refractivity contribution in [1.82, 2.24) is 24.9 Å². The maximum Gasteiger partial charge on any atom is 0.321 e. The van der Waals surface area contributed by atoms with E-state index in [4.69, 9.17) is 16.3 Å². The average molecular weight is 270 g/mol. The normalized spacial score (nSPS) is 10.3. The second-order valence-corrected chi connectivity index (χ2v) is 4.23. The van der Waals surface area contributed by atoms with Crippen LogP contribution in [0.2, 0.25) is 5.28 Å². The third-order valence-corrected chi connectivity index (χ3v) is 2.62. The number of nitrogens with zero attached hydrogens (tertiary/aromatic N) is 5. The summed E-state index contributed by atoms with van der Waals surface area (Å²) in [5, 5.41) is 1.02. The molecule has 0 saturated carbocycles. The first-order chi connectivity index (χ1) is 8.17. The van der Waals surface area contributed by atoms with Crippen molar-refractivity contribution < 1.29 is 4.74 Å². The SMILES string of the molecule is COc1nc(Cl)nc(Sc2nccc(C)n2)n1. The van der Waals surface area contributed by atoms with Crippen molar-refractivity contribution in [3.8, 4) is 6.01 Å². The molecule has 0 fully saturated rings. The van der Waals surface area contributed by atoms with Gasteiger partial charge < -0.3 is 4.74 Å². The quantitative estimate of drug-likeness (QED) is 0.786. The van der Waals surface area contributed by atoms with Gasteiger partial charge in [-0.3, -0.25) is 0 Å². The number of aryl methyl sites for hydroxylation is 1. The summed E-state index contributed by atoms with van der Waals surface area (Å²) in [5.74, 6) is 0. The zero-order chi connectivity index (χ0) is 12.3. The lowest BCUT2D eigenvalue weighted by Crippen LogP contribution is -1.98.